The monoisotopic (exact) mass is 309 g/mol. The minimum absolute atomic E-state index is 0.0348. The summed E-state index contributed by atoms with van der Waals surface area (Å²) < 4.78 is 1.31. The Morgan fingerprint density at radius 2 is 2.23 bits per heavy atom. The summed E-state index contributed by atoms with van der Waals surface area (Å²) in [6.45, 7) is 0.703. The fourth-order valence-electron chi connectivity index (χ4n) is 1.93. The lowest BCUT2D eigenvalue weighted by atomic mass is 10.4. The number of carboxylic acid groups (broad SMARTS) is 1. The van der Waals surface area contributed by atoms with E-state index in [0.717, 1.165) is 4.90 Å². The van der Waals surface area contributed by atoms with E-state index in [4.69, 9.17) is 16.6 Å². The molecule has 1 atom stereocenters. The van der Waals surface area contributed by atoms with Crippen molar-refractivity contribution in [3.8, 4) is 0 Å². The van der Waals surface area contributed by atoms with Gasteiger partial charge < -0.3 is 26.0 Å². The Labute approximate surface area is 123 Å². The van der Waals surface area contributed by atoms with Crippen molar-refractivity contribution < 1.29 is 14.7 Å². The summed E-state index contributed by atoms with van der Waals surface area (Å²) >= 11 is 0. The Morgan fingerprint density at radius 1 is 1.55 bits per heavy atom. The van der Waals surface area contributed by atoms with E-state index in [2.05, 4.69) is 15.0 Å². The molecule has 2 aromatic heterocycles. The number of hydrogen-bond donors (Lipinski definition) is 4. The van der Waals surface area contributed by atoms with E-state index in [9.17, 15) is 14.4 Å². The molecule has 0 spiro atoms. The van der Waals surface area contributed by atoms with Gasteiger partial charge in [-0.2, -0.15) is 4.98 Å². The summed E-state index contributed by atoms with van der Waals surface area (Å²) in [4.78, 5) is 45.7. The first kappa shape index (κ1) is 15.4. The maximum absolute atomic E-state index is 12.2. The van der Waals surface area contributed by atoms with Gasteiger partial charge in [-0.05, 0) is 6.92 Å². The molecule has 2 aromatic rings. The van der Waals surface area contributed by atoms with Crippen LogP contribution in [0.25, 0.3) is 11.2 Å². The SMILES string of the molecule is CC(N)N(CC(=O)O)C(=O)Cn1cnc2c(=O)[nH]c(N)nc21. The van der Waals surface area contributed by atoms with Crippen LogP contribution in [0.15, 0.2) is 11.1 Å². The number of amides is 1. The second-order valence-corrected chi connectivity index (χ2v) is 4.65. The molecule has 0 aliphatic heterocycles. The van der Waals surface area contributed by atoms with E-state index in [0.29, 0.717) is 0 Å². The summed E-state index contributed by atoms with van der Waals surface area (Å²) in [5, 5.41) is 8.81. The third-order valence-corrected chi connectivity index (χ3v) is 2.92. The lowest BCUT2D eigenvalue weighted by molar-refractivity contribution is -0.146. The normalized spacial score (nSPS) is 12.3. The maximum atomic E-state index is 12.2. The van der Waals surface area contributed by atoms with Gasteiger partial charge in [0.05, 0.1) is 12.5 Å². The Balaban J connectivity index is 2.32. The number of aliphatic carboxylic acids is 1. The van der Waals surface area contributed by atoms with Crippen molar-refractivity contribution in [2.45, 2.75) is 19.6 Å². The maximum Gasteiger partial charge on any atom is 0.323 e. The Morgan fingerprint density at radius 3 is 2.82 bits per heavy atom. The van der Waals surface area contributed by atoms with E-state index in [1.54, 1.807) is 0 Å². The predicted molar refractivity (Wildman–Crippen MR) is 75.6 cm³/mol. The molecule has 1 unspecified atom stereocenters. The number of nitrogens with one attached hydrogen (secondary N) is 1. The molecular formula is C11H15N7O4. The molecule has 0 saturated carbocycles. The number of nitrogens with two attached hydrogens (primary N) is 2. The van der Waals surface area contributed by atoms with Crippen LogP contribution in [0.5, 0.6) is 0 Å². The number of rotatable bonds is 5. The minimum atomic E-state index is -1.18. The summed E-state index contributed by atoms with van der Waals surface area (Å²) in [6, 6.07) is 0. The molecule has 2 heterocycles. The molecule has 0 aromatic carbocycles. The van der Waals surface area contributed by atoms with Crippen molar-refractivity contribution >= 4 is 29.0 Å². The van der Waals surface area contributed by atoms with Gasteiger partial charge in [-0.3, -0.25) is 19.4 Å². The molecule has 0 aliphatic rings. The second kappa shape index (κ2) is 5.81. The van der Waals surface area contributed by atoms with Gasteiger partial charge in [0.2, 0.25) is 11.9 Å². The van der Waals surface area contributed by atoms with E-state index >= 15 is 0 Å². The first-order valence-electron chi connectivity index (χ1n) is 6.27. The fourth-order valence-corrected chi connectivity index (χ4v) is 1.93. The Kier molecular flexibility index (Phi) is 4.08. The topological polar surface area (TPSA) is 173 Å². The predicted octanol–water partition coefficient (Wildman–Crippen LogP) is -2.08. The number of H-pyrrole nitrogens is 1. The molecule has 11 nitrogen and oxygen atoms in total. The molecule has 11 heteroatoms. The zero-order valence-corrected chi connectivity index (χ0v) is 11.7. The molecular weight excluding hydrogens is 294 g/mol. The van der Waals surface area contributed by atoms with Crippen molar-refractivity contribution in [3.63, 3.8) is 0 Å². The van der Waals surface area contributed by atoms with E-state index in [1.807, 2.05) is 0 Å². The third kappa shape index (κ3) is 3.03. The first-order chi connectivity index (χ1) is 10.3. The number of anilines is 1. The molecule has 0 fully saturated rings. The van der Waals surface area contributed by atoms with E-state index < -0.39 is 30.1 Å². The highest BCUT2D eigenvalue weighted by molar-refractivity contribution is 5.82. The Hall–Kier alpha value is -2.95. The van der Waals surface area contributed by atoms with E-state index in [-0.39, 0.29) is 23.7 Å². The van der Waals surface area contributed by atoms with Crippen molar-refractivity contribution in [3.05, 3.63) is 16.7 Å². The largest absolute Gasteiger partial charge is 0.480 e. The molecule has 0 bridgehead atoms. The second-order valence-electron chi connectivity index (χ2n) is 4.65. The number of nitrogens with zero attached hydrogens (tertiary/aromatic N) is 4. The van der Waals surface area contributed by atoms with Gasteiger partial charge in [0.15, 0.2) is 11.2 Å². The highest BCUT2D eigenvalue weighted by Crippen LogP contribution is 2.07. The summed E-state index contributed by atoms with van der Waals surface area (Å²) in [5.41, 5.74) is 10.7. The molecule has 2 rings (SSSR count). The number of fused-ring (bicyclic) bond motifs is 1. The van der Waals surface area contributed by atoms with Gasteiger partial charge >= 0.3 is 5.97 Å². The van der Waals surface area contributed by atoms with Crippen LogP contribution in [0.2, 0.25) is 0 Å². The number of hydrogen-bond acceptors (Lipinski definition) is 7. The number of imidazole rings is 1. The molecule has 1 amide bonds. The van der Waals surface area contributed by atoms with Crippen LogP contribution in [0, 0.1) is 0 Å². The third-order valence-electron chi connectivity index (χ3n) is 2.92. The van der Waals surface area contributed by atoms with Gasteiger partial charge in [0.25, 0.3) is 5.56 Å². The molecule has 118 valence electrons. The minimum Gasteiger partial charge on any atom is -0.480 e. The molecule has 22 heavy (non-hydrogen) atoms. The van der Waals surface area contributed by atoms with Crippen LogP contribution >= 0.6 is 0 Å². The van der Waals surface area contributed by atoms with Crippen molar-refractivity contribution in [2.24, 2.45) is 5.73 Å². The number of aromatic nitrogens is 4. The molecule has 0 saturated heterocycles. The summed E-state index contributed by atoms with van der Waals surface area (Å²) in [7, 11) is 0. The highest BCUT2D eigenvalue weighted by Gasteiger charge is 2.21. The summed E-state index contributed by atoms with van der Waals surface area (Å²) in [6.07, 6.45) is 0.476. The van der Waals surface area contributed by atoms with Crippen LogP contribution in [0.1, 0.15) is 6.92 Å². The zero-order valence-electron chi connectivity index (χ0n) is 11.7. The number of carbonyl (C=O) groups excluding carboxylic acids is 1. The number of carboxylic acids is 1. The average Bonchev–Trinajstić information content (AvgIpc) is 2.78. The standard InChI is InChI=1S/C11H15N7O4/c1-5(12)18(3-7(20)21)6(19)2-17-4-14-8-9(17)15-11(13)16-10(8)22/h4-5H,2-3,12H2,1H3,(H,20,21)(H3,13,15,16,22). The average molecular weight is 309 g/mol. The molecule has 0 aliphatic carbocycles. The van der Waals surface area contributed by atoms with Gasteiger partial charge in [-0.25, -0.2) is 4.98 Å². The van der Waals surface area contributed by atoms with Crippen LogP contribution in [-0.2, 0) is 16.1 Å². The van der Waals surface area contributed by atoms with Crippen LogP contribution in [0.3, 0.4) is 0 Å². The van der Waals surface area contributed by atoms with E-state index in [1.165, 1.54) is 17.8 Å². The lowest BCUT2D eigenvalue weighted by Gasteiger charge is -2.24. The smallest absolute Gasteiger partial charge is 0.323 e. The molecule has 0 radical (unpaired) electrons. The van der Waals surface area contributed by atoms with Gasteiger partial charge in [0.1, 0.15) is 13.1 Å². The van der Waals surface area contributed by atoms with Crippen LogP contribution in [0.4, 0.5) is 5.95 Å². The first-order valence-corrected chi connectivity index (χ1v) is 6.27. The lowest BCUT2D eigenvalue weighted by Crippen LogP contribution is -2.47. The number of carbonyl (C=O) groups is 2. The fraction of sp³-hybridized carbons (Fsp3) is 0.364. The van der Waals surface area contributed by atoms with Crippen molar-refractivity contribution in [2.75, 3.05) is 12.3 Å². The molecule has 6 N–H and O–H groups in total. The summed E-state index contributed by atoms with van der Waals surface area (Å²) in [5.74, 6) is -1.83. The van der Waals surface area contributed by atoms with Gasteiger partial charge in [-0.15, -0.1) is 0 Å². The van der Waals surface area contributed by atoms with Gasteiger partial charge in [0, 0.05) is 0 Å². The zero-order chi connectivity index (χ0) is 16.4. The Bertz CT molecular complexity index is 778. The van der Waals surface area contributed by atoms with Crippen molar-refractivity contribution in [1.29, 1.82) is 0 Å². The van der Waals surface area contributed by atoms with Gasteiger partial charge in [-0.1, -0.05) is 0 Å². The van der Waals surface area contributed by atoms with Crippen molar-refractivity contribution in [1.82, 2.24) is 24.4 Å². The quantitative estimate of drug-likeness (QED) is 0.455. The van der Waals surface area contributed by atoms with Crippen LogP contribution in [-0.4, -0.2) is 54.1 Å². The number of aromatic amines is 1. The highest BCUT2D eigenvalue weighted by atomic mass is 16.4. The van der Waals surface area contributed by atoms with Crippen LogP contribution < -0.4 is 17.0 Å². The number of nitrogen functional groups attached to an aromatic ring is 1.